The minimum atomic E-state index is -5.08. The molecule has 0 saturated carbocycles. The minimum absolute atomic E-state index is 0.131. The van der Waals surface area contributed by atoms with Crippen molar-refractivity contribution in [3.63, 3.8) is 0 Å². The van der Waals surface area contributed by atoms with Crippen LogP contribution in [0.2, 0.25) is 0 Å². The van der Waals surface area contributed by atoms with E-state index in [0.717, 1.165) is 23.4 Å². The molecule has 0 aromatic heterocycles. The molecule has 0 spiro atoms. The predicted molar refractivity (Wildman–Crippen MR) is 92.1 cm³/mol. The van der Waals surface area contributed by atoms with E-state index < -0.39 is 12.1 Å². The predicted octanol–water partition coefficient (Wildman–Crippen LogP) is 2.06. The molecule has 10 heteroatoms. The van der Waals surface area contributed by atoms with Gasteiger partial charge in [-0.25, -0.2) is 4.79 Å². The van der Waals surface area contributed by atoms with Crippen molar-refractivity contribution in [3.8, 4) is 0 Å². The van der Waals surface area contributed by atoms with E-state index in [2.05, 4.69) is 10.6 Å². The first-order valence-corrected chi connectivity index (χ1v) is 7.94. The van der Waals surface area contributed by atoms with Crippen LogP contribution in [0.25, 0.3) is 0 Å². The lowest BCUT2D eigenvalue weighted by molar-refractivity contribution is -0.192. The molecular formula is C17H20F3N3O4. The smallest absolute Gasteiger partial charge is 0.475 e. The number of carboxylic acid groups (broad SMARTS) is 1. The largest absolute Gasteiger partial charge is 0.490 e. The van der Waals surface area contributed by atoms with E-state index in [1.54, 1.807) is 12.1 Å². The van der Waals surface area contributed by atoms with Gasteiger partial charge in [0.05, 0.1) is 0 Å². The number of Topliss-reactive ketones (excluding diaryl/α,β-unsaturated/α-hetero) is 1. The number of hydrogen-bond donors (Lipinski definition) is 4. The molecule has 27 heavy (non-hydrogen) atoms. The summed E-state index contributed by atoms with van der Waals surface area (Å²) in [5.74, 6) is -2.69. The molecule has 0 aliphatic heterocycles. The Morgan fingerprint density at radius 3 is 2.15 bits per heavy atom. The van der Waals surface area contributed by atoms with Crippen molar-refractivity contribution in [3.05, 3.63) is 41.1 Å². The molecule has 7 nitrogen and oxygen atoms in total. The lowest BCUT2D eigenvalue weighted by Gasteiger charge is -2.09. The molecule has 0 fully saturated rings. The number of anilines is 1. The normalized spacial score (nSPS) is 13.7. The third-order valence-electron chi connectivity index (χ3n) is 3.59. The van der Waals surface area contributed by atoms with Gasteiger partial charge in [0.15, 0.2) is 5.78 Å². The number of nitrogens with one attached hydrogen (secondary N) is 2. The van der Waals surface area contributed by atoms with Gasteiger partial charge in [0.25, 0.3) is 5.91 Å². The molecule has 0 saturated heterocycles. The minimum Gasteiger partial charge on any atom is -0.475 e. The van der Waals surface area contributed by atoms with Gasteiger partial charge in [0, 0.05) is 42.0 Å². The van der Waals surface area contributed by atoms with Gasteiger partial charge in [-0.15, -0.1) is 0 Å². The lowest BCUT2D eigenvalue weighted by Crippen LogP contribution is -2.28. The molecule has 0 unspecified atom stereocenters. The van der Waals surface area contributed by atoms with Gasteiger partial charge < -0.3 is 21.5 Å². The Hall–Kier alpha value is -2.88. The van der Waals surface area contributed by atoms with Gasteiger partial charge >= 0.3 is 12.1 Å². The van der Waals surface area contributed by atoms with Crippen LogP contribution in [-0.2, 0) is 9.59 Å². The molecular weight excluding hydrogens is 367 g/mol. The van der Waals surface area contributed by atoms with Crippen molar-refractivity contribution in [1.82, 2.24) is 5.32 Å². The highest BCUT2D eigenvalue weighted by molar-refractivity contribution is 5.99. The monoisotopic (exact) mass is 387 g/mol. The number of hydrogen-bond acceptors (Lipinski definition) is 5. The second-order valence-corrected chi connectivity index (χ2v) is 5.58. The van der Waals surface area contributed by atoms with Gasteiger partial charge in [-0.1, -0.05) is 0 Å². The number of nitrogens with two attached hydrogens (primary N) is 1. The summed E-state index contributed by atoms with van der Waals surface area (Å²) in [6.07, 6.45) is -3.75. The van der Waals surface area contributed by atoms with Crippen LogP contribution >= 0.6 is 0 Å². The number of amides is 1. The van der Waals surface area contributed by atoms with Gasteiger partial charge in [-0.2, -0.15) is 13.2 Å². The zero-order valence-electron chi connectivity index (χ0n) is 14.5. The number of aliphatic carboxylic acids is 1. The molecule has 0 atom stereocenters. The summed E-state index contributed by atoms with van der Waals surface area (Å²) >= 11 is 0. The quantitative estimate of drug-likeness (QED) is 0.614. The van der Waals surface area contributed by atoms with E-state index in [0.29, 0.717) is 25.1 Å². The maximum atomic E-state index is 11.7. The first kappa shape index (κ1) is 22.2. The molecule has 148 valence electrons. The van der Waals surface area contributed by atoms with Crippen molar-refractivity contribution < 1.29 is 32.7 Å². The Labute approximate surface area is 153 Å². The van der Waals surface area contributed by atoms with Gasteiger partial charge in [-0.05, 0) is 37.6 Å². The Kier molecular flexibility index (Phi) is 7.98. The van der Waals surface area contributed by atoms with Gasteiger partial charge in [0.2, 0.25) is 0 Å². The van der Waals surface area contributed by atoms with Crippen LogP contribution in [0.3, 0.4) is 0 Å². The molecule has 2 rings (SSSR count). The Balaban J connectivity index is 0.000000445. The molecule has 0 radical (unpaired) electrons. The average Bonchev–Trinajstić information content (AvgIpc) is 2.92. The third kappa shape index (κ3) is 7.10. The number of ketones is 1. The van der Waals surface area contributed by atoms with Crippen LogP contribution in [0.4, 0.5) is 18.9 Å². The summed E-state index contributed by atoms with van der Waals surface area (Å²) in [6.45, 7) is 2.73. The average molecular weight is 387 g/mol. The van der Waals surface area contributed by atoms with Crippen LogP contribution in [-0.4, -0.2) is 42.0 Å². The van der Waals surface area contributed by atoms with Crippen LogP contribution < -0.4 is 16.4 Å². The molecule has 0 heterocycles. The number of carbonyl (C=O) groups excluding carboxylic acids is 2. The molecule has 1 aliphatic carbocycles. The Morgan fingerprint density at radius 2 is 1.74 bits per heavy atom. The highest BCUT2D eigenvalue weighted by Gasteiger charge is 2.38. The first-order chi connectivity index (χ1) is 12.6. The van der Waals surface area contributed by atoms with Gasteiger partial charge in [0.1, 0.15) is 0 Å². The van der Waals surface area contributed by atoms with Crippen molar-refractivity contribution >= 4 is 23.3 Å². The lowest BCUT2D eigenvalue weighted by atomic mass is 10.2. The number of halogens is 3. The van der Waals surface area contributed by atoms with Crippen molar-refractivity contribution in [1.29, 1.82) is 0 Å². The Morgan fingerprint density at radius 1 is 1.19 bits per heavy atom. The summed E-state index contributed by atoms with van der Waals surface area (Å²) in [4.78, 5) is 32.1. The maximum absolute atomic E-state index is 11.7. The van der Waals surface area contributed by atoms with Crippen LogP contribution in [0.5, 0.6) is 0 Å². The molecule has 1 aromatic carbocycles. The number of benzene rings is 1. The standard InChI is InChI=1S/C15H19N3O2.C2HF3O2/c1-10-13(6-7-14(10)19)18-12-4-2-11(3-5-12)15(20)17-9-8-16;3-2(4,5)1(6)7/h2-5,18H,6-9,16H2,1H3,(H,17,20);(H,6,7). The SMILES string of the molecule is CC1=C(Nc2ccc(C(=O)NCCN)cc2)CCC1=O.O=C(O)C(F)(F)F. The summed E-state index contributed by atoms with van der Waals surface area (Å²) in [5, 5.41) is 13.1. The first-order valence-electron chi connectivity index (χ1n) is 7.94. The summed E-state index contributed by atoms with van der Waals surface area (Å²) in [6, 6.07) is 7.17. The molecule has 1 amide bonds. The zero-order valence-corrected chi connectivity index (χ0v) is 14.5. The number of carboxylic acids is 1. The van der Waals surface area contributed by atoms with Crippen molar-refractivity contribution in [2.75, 3.05) is 18.4 Å². The van der Waals surface area contributed by atoms with Gasteiger partial charge in [-0.3, -0.25) is 9.59 Å². The number of carbonyl (C=O) groups is 3. The maximum Gasteiger partial charge on any atom is 0.490 e. The molecule has 1 aromatic rings. The van der Waals surface area contributed by atoms with E-state index in [9.17, 15) is 22.8 Å². The summed E-state index contributed by atoms with van der Waals surface area (Å²) in [5.41, 5.74) is 8.58. The van der Waals surface area contributed by atoms with Crippen LogP contribution in [0.1, 0.15) is 30.1 Å². The Bertz CT molecular complexity index is 728. The topological polar surface area (TPSA) is 122 Å². The van der Waals surface area contributed by atoms with E-state index >= 15 is 0 Å². The third-order valence-corrected chi connectivity index (χ3v) is 3.59. The number of rotatable bonds is 5. The highest BCUT2D eigenvalue weighted by Crippen LogP contribution is 2.24. The van der Waals surface area contributed by atoms with Crippen LogP contribution in [0, 0.1) is 0 Å². The fraction of sp³-hybridized carbons (Fsp3) is 0.353. The van der Waals surface area contributed by atoms with Crippen molar-refractivity contribution in [2.24, 2.45) is 5.73 Å². The molecule has 1 aliphatic rings. The highest BCUT2D eigenvalue weighted by atomic mass is 19.4. The van der Waals surface area contributed by atoms with E-state index in [-0.39, 0.29) is 11.7 Å². The summed E-state index contributed by atoms with van der Waals surface area (Å²) < 4.78 is 31.7. The fourth-order valence-electron chi connectivity index (χ4n) is 2.11. The van der Waals surface area contributed by atoms with E-state index in [1.165, 1.54) is 0 Å². The molecule has 5 N–H and O–H groups in total. The summed E-state index contributed by atoms with van der Waals surface area (Å²) in [7, 11) is 0. The zero-order chi connectivity index (χ0) is 20.6. The second kappa shape index (κ2) is 9.72. The van der Waals surface area contributed by atoms with Crippen molar-refractivity contribution in [2.45, 2.75) is 25.9 Å². The second-order valence-electron chi connectivity index (χ2n) is 5.58. The fourth-order valence-corrected chi connectivity index (χ4v) is 2.11. The van der Waals surface area contributed by atoms with E-state index in [4.69, 9.17) is 15.6 Å². The van der Waals surface area contributed by atoms with Crippen LogP contribution in [0.15, 0.2) is 35.5 Å². The molecule has 0 bridgehead atoms. The van der Waals surface area contributed by atoms with E-state index in [1.807, 2.05) is 19.1 Å². The number of allylic oxidation sites excluding steroid dienone is 2. The number of alkyl halides is 3.